The number of hydrogen-bond acceptors (Lipinski definition) is 8. The molecule has 1 amide bonds. The van der Waals surface area contributed by atoms with Crippen molar-refractivity contribution in [2.75, 3.05) is 27.0 Å². The summed E-state index contributed by atoms with van der Waals surface area (Å²) in [5, 5.41) is 1.90. The molecule has 0 radical (unpaired) electrons. The van der Waals surface area contributed by atoms with Crippen molar-refractivity contribution in [1.29, 1.82) is 0 Å². The molecule has 0 saturated carbocycles. The molecular formula is C38H35N3O6S. The van der Waals surface area contributed by atoms with Crippen molar-refractivity contribution in [3.8, 4) is 23.0 Å². The van der Waals surface area contributed by atoms with Gasteiger partial charge in [-0.25, -0.2) is 4.99 Å². The summed E-state index contributed by atoms with van der Waals surface area (Å²) in [4.78, 5) is 35.7. The predicted octanol–water partition coefficient (Wildman–Crippen LogP) is 5.57. The van der Waals surface area contributed by atoms with E-state index >= 15 is 0 Å². The average molecular weight is 662 g/mol. The van der Waals surface area contributed by atoms with Crippen LogP contribution in [-0.4, -0.2) is 42.4 Å². The van der Waals surface area contributed by atoms with Crippen molar-refractivity contribution in [3.63, 3.8) is 0 Å². The van der Waals surface area contributed by atoms with E-state index < -0.39 is 6.04 Å². The number of amides is 1. The minimum atomic E-state index is -0.732. The lowest BCUT2D eigenvalue weighted by atomic mass is 9.90. The van der Waals surface area contributed by atoms with Gasteiger partial charge in [-0.2, -0.15) is 0 Å². The smallest absolute Gasteiger partial charge is 0.271 e. The third-order valence-electron chi connectivity index (χ3n) is 8.75. The fourth-order valence-corrected chi connectivity index (χ4v) is 7.34. The summed E-state index contributed by atoms with van der Waals surface area (Å²) in [5.74, 6) is 2.60. The van der Waals surface area contributed by atoms with E-state index in [-0.39, 0.29) is 18.3 Å². The number of aromatic nitrogens is 1. The van der Waals surface area contributed by atoms with Crippen LogP contribution in [0.25, 0.3) is 16.8 Å². The Kier molecular flexibility index (Phi) is 8.49. The normalized spacial score (nSPS) is 15.3. The van der Waals surface area contributed by atoms with Crippen LogP contribution < -0.4 is 33.8 Å². The minimum Gasteiger partial charge on any atom is -0.496 e. The molecule has 9 nitrogen and oxygen atoms in total. The monoisotopic (exact) mass is 661 g/mol. The summed E-state index contributed by atoms with van der Waals surface area (Å²) < 4.78 is 24.9. The second-order valence-corrected chi connectivity index (χ2v) is 12.5. The zero-order chi connectivity index (χ0) is 33.4. The van der Waals surface area contributed by atoms with Crippen LogP contribution in [0.3, 0.4) is 0 Å². The van der Waals surface area contributed by atoms with Gasteiger partial charge in [0, 0.05) is 18.7 Å². The van der Waals surface area contributed by atoms with Gasteiger partial charge in [-0.15, -0.1) is 0 Å². The topological polar surface area (TPSA) is 91.6 Å². The number of thiazole rings is 1. The maximum absolute atomic E-state index is 14.4. The van der Waals surface area contributed by atoms with Gasteiger partial charge in [0.05, 0.1) is 22.9 Å². The van der Waals surface area contributed by atoms with E-state index in [0.29, 0.717) is 57.5 Å². The molecule has 7 rings (SSSR count). The molecule has 0 saturated heterocycles. The summed E-state index contributed by atoms with van der Waals surface area (Å²) >= 11 is 1.31. The van der Waals surface area contributed by atoms with Crippen molar-refractivity contribution in [2.24, 2.45) is 4.99 Å². The third-order valence-corrected chi connectivity index (χ3v) is 9.73. The van der Waals surface area contributed by atoms with Crippen LogP contribution in [-0.2, 0) is 11.4 Å². The van der Waals surface area contributed by atoms with Gasteiger partial charge in [0.1, 0.15) is 24.1 Å². The first-order chi connectivity index (χ1) is 23.4. The third kappa shape index (κ3) is 5.62. The highest BCUT2D eigenvalue weighted by molar-refractivity contribution is 7.07. The minimum absolute atomic E-state index is 0.146. The zero-order valence-corrected chi connectivity index (χ0v) is 28.0. The second-order valence-electron chi connectivity index (χ2n) is 11.5. The molecule has 244 valence electrons. The Morgan fingerprint density at radius 3 is 2.56 bits per heavy atom. The number of rotatable bonds is 9. The van der Waals surface area contributed by atoms with Gasteiger partial charge in [-0.3, -0.25) is 14.2 Å². The Hall–Kier alpha value is -5.35. The molecule has 0 aliphatic carbocycles. The SMILES string of the molecule is CCN(CC)C(=O)C1=C(C)N=c2s/c(=C/c3ccc(OCc4ccc5c(c4)OCO5)cc3)c(=O)n2[C@H]1c1c(OC)ccc2ccccc12. The van der Waals surface area contributed by atoms with Crippen LogP contribution in [0.5, 0.6) is 23.0 Å². The van der Waals surface area contributed by atoms with Gasteiger partial charge >= 0.3 is 0 Å². The van der Waals surface area contributed by atoms with E-state index in [2.05, 4.69) is 0 Å². The summed E-state index contributed by atoms with van der Waals surface area (Å²) in [6, 6.07) is 24.5. The number of nitrogens with zero attached hydrogens (tertiary/aromatic N) is 3. The molecule has 3 heterocycles. The van der Waals surface area contributed by atoms with E-state index in [1.54, 1.807) is 16.6 Å². The summed E-state index contributed by atoms with van der Waals surface area (Å²) in [6.07, 6.45) is 1.86. The van der Waals surface area contributed by atoms with E-state index in [0.717, 1.165) is 33.2 Å². The standard InChI is InChI=1S/C38H35N3O6S/c1-5-40(6-2)37(43)33-23(3)39-38-41(35(33)34-28-10-8-7-9-26(28)14-18-30(34)44-4)36(42)32(48-38)20-24-11-15-27(16-12-24)45-21-25-13-17-29-31(19-25)47-22-46-29/h7-20,35H,5-6,21-22H2,1-4H3/b32-20+/t35-/m1/s1. The highest BCUT2D eigenvalue weighted by Gasteiger charge is 2.36. The van der Waals surface area contributed by atoms with Crippen LogP contribution in [0.4, 0.5) is 0 Å². The second kappa shape index (κ2) is 13.0. The maximum Gasteiger partial charge on any atom is 0.271 e. The quantitative estimate of drug-likeness (QED) is 0.205. The van der Waals surface area contributed by atoms with E-state index in [1.807, 2.05) is 106 Å². The largest absolute Gasteiger partial charge is 0.496 e. The fraction of sp³-hybridized carbons (Fsp3) is 0.237. The number of carbonyl (C=O) groups is 1. The zero-order valence-electron chi connectivity index (χ0n) is 27.2. The highest BCUT2D eigenvalue weighted by atomic mass is 32.1. The van der Waals surface area contributed by atoms with Crippen LogP contribution in [0.15, 0.2) is 99.9 Å². The fourth-order valence-electron chi connectivity index (χ4n) is 6.29. The molecule has 2 aliphatic heterocycles. The van der Waals surface area contributed by atoms with Crippen LogP contribution in [0.1, 0.15) is 43.5 Å². The molecule has 48 heavy (non-hydrogen) atoms. The lowest BCUT2D eigenvalue weighted by Crippen LogP contribution is -2.43. The first-order valence-corrected chi connectivity index (χ1v) is 16.7. The molecule has 5 aromatic rings. The van der Waals surface area contributed by atoms with Crippen LogP contribution in [0.2, 0.25) is 0 Å². The van der Waals surface area contributed by atoms with E-state index in [9.17, 15) is 9.59 Å². The molecule has 1 aromatic heterocycles. The van der Waals surface area contributed by atoms with Crippen molar-refractivity contribution in [2.45, 2.75) is 33.4 Å². The molecular weight excluding hydrogens is 627 g/mol. The predicted molar refractivity (Wildman–Crippen MR) is 186 cm³/mol. The number of methoxy groups -OCH3 is 1. The van der Waals surface area contributed by atoms with Gasteiger partial charge in [-0.05, 0) is 79.1 Å². The first kappa shape index (κ1) is 31.3. The Labute approximate surface area is 281 Å². The van der Waals surface area contributed by atoms with Crippen molar-refractivity contribution in [1.82, 2.24) is 9.47 Å². The maximum atomic E-state index is 14.4. The average Bonchev–Trinajstić information content (AvgIpc) is 3.70. The summed E-state index contributed by atoms with van der Waals surface area (Å²) in [7, 11) is 1.61. The number of likely N-dealkylation sites (N-methyl/N-ethyl adjacent to an activating group) is 1. The molecule has 4 aromatic carbocycles. The van der Waals surface area contributed by atoms with Gasteiger partial charge in [0.15, 0.2) is 16.3 Å². The lowest BCUT2D eigenvalue weighted by molar-refractivity contribution is -0.127. The lowest BCUT2D eigenvalue weighted by Gasteiger charge is -2.30. The number of fused-ring (bicyclic) bond motifs is 3. The molecule has 0 N–H and O–H groups in total. The number of carbonyl (C=O) groups excluding carboxylic acids is 1. The van der Waals surface area contributed by atoms with Crippen molar-refractivity contribution < 1.29 is 23.7 Å². The van der Waals surface area contributed by atoms with Gasteiger partial charge in [0.25, 0.3) is 11.5 Å². The molecule has 10 heteroatoms. The highest BCUT2D eigenvalue weighted by Crippen LogP contribution is 2.40. The van der Waals surface area contributed by atoms with Gasteiger partial charge in [0.2, 0.25) is 6.79 Å². The molecule has 0 bridgehead atoms. The first-order valence-electron chi connectivity index (χ1n) is 15.9. The summed E-state index contributed by atoms with van der Waals surface area (Å²) in [6.45, 7) is 7.42. The van der Waals surface area contributed by atoms with Crippen molar-refractivity contribution in [3.05, 3.63) is 127 Å². The van der Waals surface area contributed by atoms with Crippen LogP contribution >= 0.6 is 11.3 Å². The van der Waals surface area contributed by atoms with E-state index in [1.165, 1.54) is 11.3 Å². The van der Waals surface area contributed by atoms with E-state index in [4.69, 9.17) is 23.9 Å². The van der Waals surface area contributed by atoms with Crippen LogP contribution in [0, 0.1) is 0 Å². The Morgan fingerprint density at radius 1 is 1.02 bits per heavy atom. The van der Waals surface area contributed by atoms with Gasteiger partial charge < -0.3 is 23.8 Å². The van der Waals surface area contributed by atoms with Crippen molar-refractivity contribution >= 4 is 34.1 Å². The molecule has 0 unspecified atom stereocenters. The van der Waals surface area contributed by atoms with Gasteiger partial charge in [-0.1, -0.05) is 59.9 Å². The molecule has 0 fully saturated rings. The Balaban J connectivity index is 1.28. The Bertz CT molecular complexity index is 2250. The molecule has 0 spiro atoms. The number of ether oxygens (including phenoxy) is 4. The number of hydrogen-bond donors (Lipinski definition) is 0. The molecule has 2 aliphatic rings. The Morgan fingerprint density at radius 2 is 1.79 bits per heavy atom. The molecule has 1 atom stereocenters. The number of allylic oxidation sites excluding steroid dienone is 1. The number of benzene rings is 4. The summed E-state index contributed by atoms with van der Waals surface area (Å²) in [5.41, 5.74) is 3.40.